The van der Waals surface area contributed by atoms with Gasteiger partial charge < -0.3 is 4.74 Å². The van der Waals surface area contributed by atoms with Gasteiger partial charge in [0.1, 0.15) is 11.2 Å². The average Bonchev–Trinajstić information content (AvgIpc) is 3.25. The van der Waals surface area contributed by atoms with Crippen molar-refractivity contribution in [2.45, 2.75) is 17.8 Å². The molecule has 1 fully saturated rings. The third-order valence-corrected chi connectivity index (χ3v) is 4.07. The van der Waals surface area contributed by atoms with Crippen molar-refractivity contribution >= 4 is 5.97 Å². The van der Waals surface area contributed by atoms with E-state index in [1.165, 1.54) is 19.2 Å². The molecule has 1 aliphatic carbocycles. The van der Waals surface area contributed by atoms with Gasteiger partial charge in [-0.1, -0.05) is 42.5 Å². The van der Waals surface area contributed by atoms with Crippen LogP contribution in [0.1, 0.15) is 23.5 Å². The molecule has 0 heterocycles. The smallest absolute Gasteiger partial charge is 0.316 e. The molecule has 2 aromatic carbocycles. The van der Waals surface area contributed by atoms with Crippen LogP contribution in [0.4, 0.5) is 4.39 Å². The van der Waals surface area contributed by atoms with Crippen LogP contribution < -0.4 is 0 Å². The third kappa shape index (κ3) is 1.90. The molecule has 0 aromatic heterocycles. The molecule has 0 unspecified atom stereocenters. The van der Waals surface area contributed by atoms with Gasteiger partial charge in [0, 0.05) is 5.92 Å². The van der Waals surface area contributed by atoms with Crippen molar-refractivity contribution in [3.63, 3.8) is 0 Å². The molecule has 2 aromatic rings. The first kappa shape index (κ1) is 12.9. The minimum atomic E-state index is -0.617. The zero-order valence-corrected chi connectivity index (χ0v) is 11.2. The summed E-state index contributed by atoms with van der Waals surface area (Å²) >= 11 is 0. The second kappa shape index (κ2) is 4.75. The molecular weight excluding hydrogens is 255 g/mol. The second-order valence-electron chi connectivity index (χ2n) is 5.14. The molecule has 0 spiro atoms. The predicted octanol–water partition coefficient (Wildman–Crippen LogP) is 3.42. The zero-order valence-electron chi connectivity index (χ0n) is 11.2. The number of hydrogen-bond donors (Lipinski definition) is 0. The highest BCUT2D eigenvalue weighted by molar-refractivity contribution is 5.89. The maximum atomic E-state index is 13.0. The SMILES string of the molecule is COC(=O)[C@@]1(c2ccccc2)C[C@@H]1c1ccc(F)cc1. The van der Waals surface area contributed by atoms with Crippen LogP contribution in [0, 0.1) is 5.82 Å². The highest BCUT2D eigenvalue weighted by Crippen LogP contribution is 2.61. The van der Waals surface area contributed by atoms with E-state index in [0.717, 1.165) is 11.1 Å². The summed E-state index contributed by atoms with van der Waals surface area (Å²) in [6.07, 6.45) is 0.704. The Morgan fingerprint density at radius 1 is 1.15 bits per heavy atom. The van der Waals surface area contributed by atoms with Crippen molar-refractivity contribution in [2.24, 2.45) is 0 Å². The van der Waals surface area contributed by atoms with Gasteiger partial charge in [0.25, 0.3) is 0 Å². The van der Waals surface area contributed by atoms with E-state index in [-0.39, 0.29) is 17.7 Å². The quantitative estimate of drug-likeness (QED) is 0.799. The Labute approximate surface area is 117 Å². The summed E-state index contributed by atoms with van der Waals surface area (Å²) in [5, 5.41) is 0. The van der Waals surface area contributed by atoms with Crippen LogP contribution in [0.2, 0.25) is 0 Å². The first-order valence-electron chi connectivity index (χ1n) is 6.58. The Morgan fingerprint density at radius 2 is 1.80 bits per heavy atom. The summed E-state index contributed by atoms with van der Waals surface area (Å²) in [6.45, 7) is 0. The number of rotatable bonds is 3. The first-order valence-corrected chi connectivity index (χ1v) is 6.58. The molecule has 102 valence electrons. The van der Waals surface area contributed by atoms with E-state index < -0.39 is 5.41 Å². The van der Waals surface area contributed by atoms with Crippen molar-refractivity contribution in [3.05, 3.63) is 71.5 Å². The van der Waals surface area contributed by atoms with E-state index in [0.29, 0.717) is 6.42 Å². The minimum absolute atomic E-state index is 0.0537. The van der Waals surface area contributed by atoms with Gasteiger partial charge in [-0.15, -0.1) is 0 Å². The number of carbonyl (C=O) groups is 1. The van der Waals surface area contributed by atoms with E-state index in [9.17, 15) is 9.18 Å². The van der Waals surface area contributed by atoms with Crippen LogP contribution in [-0.2, 0) is 14.9 Å². The molecule has 2 nitrogen and oxygen atoms in total. The average molecular weight is 270 g/mol. The summed E-state index contributed by atoms with van der Waals surface area (Å²) in [7, 11) is 1.41. The summed E-state index contributed by atoms with van der Waals surface area (Å²) in [5.74, 6) is -0.436. The monoisotopic (exact) mass is 270 g/mol. The molecule has 0 amide bonds. The molecule has 1 saturated carbocycles. The van der Waals surface area contributed by atoms with E-state index in [1.54, 1.807) is 12.1 Å². The molecule has 0 bridgehead atoms. The predicted molar refractivity (Wildman–Crippen MR) is 73.9 cm³/mol. The number of ether oxygens (including phenoxy) is 1. The molecule has 2 atom stereocenters. The van der Waals surface area contributed by atoms with E-state index in [1.807, 2.05) is 30.3 Å². The fourth-order valence-electron chi connectivity index (χ4n) is 2.94. The number of methoxy groups -OCH3 is 1. The molecule has 3 rings (SSSR count). The van der Waals surface area contributed by atoms with Crippen LogP contribution in [0.3, 0.4) is 0 Å². The standard InChI is InChI=1S/C17H15FO2/c1-20-16(19)17(13-5-3-2-4-6-13)11-15(17)12-7-9-14(18)10-8-12/h2-10,15H,11H2,1H3/t15-,17-/m1/s1. The van der Waals surface area contributed by atoms with Crippen LogP contribution >= 0.6 is 0 Å². The first-order chi connectivity index (χ1) is 9.68. The van der Waals surface area contributed by atoms with Crippen molar-refractivity contribution in [1.82, 2.24) is 0 Å². The molecule has 0 N–H and O–H groups in total. The van der Waals surface area contributed by atoms with Crippen LogP contribution in [0.25, 0.3) is 0 Å². The fourth-order valence-corrected chi connectivity index (χ4v) is 2.94. The summed E-state index contributed by atoms with van der Waals surface area (Å²) in [5.41, 5.74) is 1.32. The largest absolute Gasteiger partial charge is 0.468 e. The van der Waals surface area contributed by atoms with Gasteiger partial charge in [-0.2, -0.15) is 0 Å². The lowest BCUT2D eigenvalue weighted by molar-refractivity contribution is -0.143. The van der Waals surface area contributed by atoms with Crippen LogP contribution in [0.5, 0.6) is 0 Å². The van der Waals surface area contributed by atoms with Gasteiger partial charge in [0.2, 0.25) is 0 Å². The lowest BCUT2D eigenvalue weighted by atomic mass is 9.91. The van der Waals surface area contributed by atoms with Gasteiger partial charge in [0.15, 0.2) is 0 Å². The Kier molecular flexibility index (Phi) is 3.05. The van der Waals surface area contributed by atoms with Crippen LogP contribution in [0.15, 0.2) is 54.6 Å². The topological polar surface area (TPSA) is 26.3 Å². The van der Waals surface area contributed by atoms with Crippen molar-refractivity contribution in [3.8, 4) is 0 Å². The number of esters is 1. The number of halogens is 1. The highest BCUT2D eigenvalue weighted by Gasteiger charge is 2.62. The molecule has 0 saturated heterocycles. The maximum Gasteiger partial charge on any atom is 0.316 e. The van der Waals surface area contributed by atoms with Crippen molar-refractivity contribution in [1.29, 1.82) is 0 Å². The van der Waals surface area contributed by atoms with E-state index in [4.69, 9.17) is 4.74 Å². The zero-order chi connectivity index (χ0) is 14.2. The second-order valence-corrected chi connectivity index (χ2v) is 5.14. The Morgan fingerprint density at radius 3 is 2.40 bits per heavy atom. The third-order valence-electron chi connectivity index (χ3n) is 4.07. The molecular formula is C17H15FO2. The minimum Gasteiger partial charge on any atom is -0.468 e. The summed E-state index contributed by atoms with van der Waals surface area (Å²) in [6, 6.07) is 16.0. The highest BCUT2D eigenvalue weighted by atomic mass is 19.1. The Hall–Kier alpha value is -2.16. The van der Waals surface area contributed by atoms with Gasteiger partial charge in [-0.05, 0) is 29.7 Å². The number of benzene rings is 2. The van der Waals surface area contributed by atoms with Gasteiger partial charge in [0.05, 0.1) is 7.11 Å². The Balaban J connectivity index is 1.99. The van der Waals surface area contributed by atoms with Gasteiger partial charge >= 0.3 is 5.97 Å². The maximum absolute atomic E-state index is 13.0. The van der Waals surface area contributed by atoms with Crippen molar-refractivity contribution in [2.75, 3.05) is 7.11 Å². The van der Waals surface area contributed by atoms with Crippen LogP contribution in [-0.4, -0.2) is 13.1 Å². The molecule has 0 radical (unpaired) electrons. The van der Waals surface area contributed by atoms with E-state index in [2.05, 4.69) is 0 Å². The van der Waals surface area contributed by atoms with E-state index >= 15 is 0 Å². The molecule has 3 heteroatoms. The summed E-state index contributed by atoms with van der Waals surface area (Å²) < 4.78 is 18.0. The number of hydrogen-bond acceptors (Lipinski definition) is 2. The number of carbonyl (C=O) groups excluding carboxylic acids is 1. The molecule has 0 aliphatic heterocycles. The van der Waals surface area contributed by atoms with Crippen molar-refractivity contribution < 1.29 is 13.9 Å². The fraction of sp³-hybridized carbons (Fsp3) is 0.235. The molecule has 20 heavy (non-hydrogen) atoms. The van der Waals surface area contributed by atoms with Gasteiger partial charge in [-0.3, -0.25) is 4.79 Å². The molecule has 1 aliphatic rings. The Bertz CT molecular complexity index is 621. The van der Waals surface area contributed by atoms with Gasteiger partial charge in [-0.25, -0.2) is 4.39 Å². The lowest BCUT2D eigenvalue weighted by Gasteiger charge is -2.15. The summed E-state index contributed by atoms with van der Waals surface area (Å²) in [4.78, 5) is 12.3. The lowest BCUT2D eigenvalue weighted by Crippen LogP contribution is -2.24. The normalized spacial score (nSPS) is 24.2.